The van der Waals surface area contributed by atoms with Crippen LogP contribution in [0.1, 0.15) is 6.23 Å². The number of phosphoric acid groups is 1. The summed E-state index contributed by atoms with van der Waals surface area (Å²) in [6.45, 7) is 1.85. The van der Waals surface area contributed by atoms with Crippen LogP contribution < -0.4 is 11.4 Å². The number of hydrogen-bond acceptors (Lipinski definition) is 14. The second kappa shape index (κ2) is 13.7. The van der Waals surface area contributed by atoms with Crippen molar-refractivity contribution in [2.45, 2.75) is 36.6 Å². The van der Waals surface area contributed by atoms with Gasteiger partial charge < -0.3 is 29.4 Å². The number of nitrogens with two attached hydrogens (primary N) is 1. The molecule has 3 aliphatic rings. The zero-order valence-electron chi connectivity index (χ0n) is 20.5. The number of nitrogen functional groups attached to an aromatic ring is 1. The average Bonchev–Trinajstić information content (AvgIpc) is 3.13. The first-order valence-electron chi connectivity index (χ1n) is 11.7. The minimum Gasteiger partial charge on any atom is -0.383 e. The fourth-order valence-corrected chi connectivity index (χ4v) is 7.95. The van der Waals surface area contributed by atoms with E-state index in [1.54, 1.807) is 17.9 Å². The van der Waals surface area contributed by atoms with E-state index in [0.29, 0.717) is 49.1 Å². The van der Waals surface area contributed by atoms with Crippen LogP contribution in [0.2, 0.25) is 0 Å². The van der Waals surface area contributed by atoms with Crippen LogP contribution in [-0.2, 0) is 41.8 Å². The van der Waals surface area contributed by atoms with E-state index in [2.05, 4.69) is 4.98 Å². The lowest BCUT2D eigenvalue weighted by Crippen LogP contribution is -2.46. The fraction of sp³-hybridized carbons (Fsp3) is 0.800. The summed E-state index contributed by atoms with van der Waals surface area (Å²) in [5, 5.41) is 0. The summed E-state index contributed by atoms with van der Waals surface area (Å²) in [6, 6.07) is 1.19. The quantitative estimate of drug-likeness (QED) is 0.197. The first-order valence-corrected chi connectivity index (χ1v) is 15.7. The van der Waals surface area contributed by atoms with Gasteiger partial charge in [-0.05, 0) is 6.07 Å². The summed E-state index contributed by atoms with van der Waals surface area (Å²) in [6.07, 6.45) is -5.49. The number of methoxy groups -OCH3 is 1. The standard InChI is InChI=1S/C20H30F2N3O10PS2/c1-28-4-5-29-6-7-30-8-9-31-14-11-37-38-12-15(14)34-36(27)32-10-13-17(35-36)20(21,22)18(33-13)25-3-2-16(23)24-19(25)26/h2-3,13-15,17-18H,4-12H2,1H3,(H2,23,24,26)/t13-,14+,15+,17-,18-,36?/m1/s1. The van der Waals surface area contributed by atoms with Crippen LogP contribution in [0, 0.1) is 0 Å². The third-order valence-corrected chi connectivity index (χ3v) is 9.58. The molecule has 3 fully saturated rings. The first kappa shape index (κ1) is 30.1. The van der Waals surface area contributed by atoms with E-state index < -0.39 is 56.7 Å². The lowest BCUT2D eigenvalue weighted by Gasteiger charge is -2.36. The molecule has 6 atom stereocenters. The maximum absolute atomic E-state index is 15.3. The molecule has 4 heterocycles. The number of anilines is 1. The third-order valence-electron chi connectivity index (χ3n) is 5.68. The number of phosphoric ester groups is 1. The van der Waals surface area contributed by atoms with Gasteiger partial charge in [-0.3, -0.25) is 18.1 Å². The molecule has 0 aliphatic carbocycles. The molecule has 2 N–H and O–H groups in total. The highest BCUT2D eigenvalue weighted by Crippen LogP contribution is 2.61. The number of rotatable bonds is 13. The van der Waals surface area contributed by atoms with Gasteiger partial charge in [-0.15, -0.1) is 0 Å². The molecule has 1 aromatic heterocycles. The molecule has 1 aromatic rings. The molecule has 0 bridgehead atoms. The Kier molecular flexibility index (Phi) is 10.8. The molecule has 0 amide bonds. The molecule has 1 unspecified atom stereocenters. The molecule has 3 saturated heterocycles. The van der Waals surface area contributed by atoms with Crippen molar-refractivity contribution in [3.63, 3.8) is 0 Å². The van der Waals surface area contributed by atoms with Gasteiger partial charge in [-0.1, -0.05) is 21.6 Å². The summed E-state index contributed by atoms with van der Waals surface area (Å²) in [7, 11) is 0.185. The summed E-state index contributed by atoms with van der Waals surface area (Å²) in [5.74, 6) is -2.99. The normalized spacial score (nSPS) is 32.8. The Balaban J connectivity index is 1.30. The highest BCUT2D eigenvalue weighted by Gasteiger charge is 2.65. The van der Waals surface area contributed by atoms with Gasteiger partial charge in [0.1, 0.15) is 18.0 Å². The largest absolute Gasteiger partial charge is 0.475 e. The molecule has 3 aliphatic heterocycles. The lowest BCUT2D eigenvalue weighted by atomic mass is 10.1. The van der Waals surface area contributed by atoms with Crippen molar-refractivity contribution in [3.8, 4) is 0 Å². The number of hydrogen-bond donors (Lipinski definition) is 1. The molecule has 38 heavy (non-hydrogen) atoms. The number of ether oxygens (including phenoxy) is 5. The predicted octanol–water partition coefficient (Wildman–Crippen LogP) is 1.73. The van der Waals surface area contributed by atoms with Crippen molar-refractivity contribution in [1.29, 1.82) is 0 Å². The van der Waals surface area contributed by atoms with Gasteiger partial charge in [0.05, 0.1) is 52.4 Å². The molecule has 0 saturated carbocycles. The number of aromatic nitrogens is 2. The molecule has 18 heteroatoms. The Bertz CT molecular complexity index is 1030. The van der Waals surface area contributed by atoms with Crippen LogP contribution in [0.4, 0.5) is 14.6 Å². The van der Waals surface area contributed by atoms with E-state index in [1.807, 2.05) is 0 Å². The molecule has 4 rings (SSSR count). The van der Waals surface area contributed by atoms with E-state index in [1.165, 1.54) is 16.9 Å². The average molecular weight is 606 g/mol. The van der Waals surface area contributed by atoms with Gasteiger partial charge in [-0.25, -0.2) is 9.36 Å². The van der Waals surface area contributed by atoms with Gasteiger partial charge in [-0.2, -0.15) is 13.8 Å². The SMILES string of the molecule is COCCOCCOCCO[C@H]1CSSC[C@@H]1OP1(=O)OC[C@H]2O[C@@H](n3ccc(N)nc3=O)C(F)(F)[C@@H]2O1. The monoisotopic (exact) mass is 605 g/mol. The molecular formula is C20H30F2N3O10PS2. The van der Waals surface area contributed by atoms with Gasteiger partial charge in [0.25, 0.3) is 0 Å². The first-order chi connectivity index (χ1) is 18.2. The Morgan fingerprint density at radius 3 is 2.55 bits per heavy atom. The van der Waals surface area contributed by atoms with Gasteiger partial charge in [0.15, 0.2) is 6.10 Å². The van der Waals surface area contributed by atoms with E-state index in [0.717, 1.165) is 6.20 Å². The van der Waals surface area contributed by atoms with Crippen LogP contribution in [0.3, 0.4) is 0 Å². The highest BCUT2D eigenvalue weighted by molar-refractivity contribution is 8.76. The minimum atomic E-state index is -4.41. The Hall–Kier alpha value is -0.850. The lowest BCUT2D eigenvalue weighted by molar-refractivity contribution is -0.140. The molecule has 0 radical (unpaired) electrons. The molecule has 0 spiro atoms. The Labute approximate surface area is 225 Å². The Morgan fingerprint density at radius 2 is 1.84 bits per heavy atom. The molecule has 13 nitrogen and oxygen atoms in total. The summed E-state index contributed by atoms with van der Waals surface area (Å²) >= 11 is 0. The van der Waals surface area contributed by atoms with E-state index in [-0.39, 0.29) is 12.4 Å². The second-order valence-corrected chi connectivity index (χ2v) is 12.5. The molecular weight excluding hydrogens is 575 g/mol. The van der Waals surface area contributed by atoms with Crippen molar-refractivity contribution in [3.05, 3.63) is 22.7 Å². The van der Waals surface area contributed by atoms with Crippen LogP contribution in [-0.4, -0.2) is 105 Å². The highest BCUT2D eigenvalue weighted by atomic mass is 33.1. The van der Waals surface area contributed by atoms with Crippen LogP contribution in [0.25, 0.3) is 0 Å². The van der Waals surface area contributed by atoms with E-state index >= 15 is 8.78 Å². The van der Waals surface area contributed by atoms with Crippen LogP contribution in [0.15, 0.2) is 17.1 Å². The second-order valence-electron chi connectivity index (χ2n) is 8.35. The van der Waals surface area contributed by atoms with Crippen molar-refractivity contribution in [2.75, 3.05) is 70.6 Å². The fourth-order valence-electron chi connectivity index (χ4n) is 3.81. The van der Waals surface area contributed by atoms with E-state index in [9.17, 15) is 9.36 Å². The number of fused-ring (bicyclic) bond motifs is 1. The van der Waals surface area contributed by atoms with Crippen molar-refractivity contribution in [1.82, 2.24) is 9.55 Å². The van der Waals surface area contributed by atoms with Crippen molar-refractivity contribution >= 4 is 35.2 Å². The summed E-state index contributed by atoms with van der Waals surface area (Å²) < 4.78 is 87.5. The molecule has 0 aromatic carbocycles. The number of halogens is 2. The van der Waals surface area contributed by atoms with Gasteiger partial charge in [0, 0.05) is 24.8 Å². The Morgan fingerprint density at radius 1 is 1.16 bits per heavy atom. The summed E-state index contributed by atoms with van der Waals surface area (Å²) in [4.78, 5) is 15.6. The van der Waals surface area contributed by atoms with Crippen molar-refractivity contribution in [2.24, 2.45) is 0 Å². The minimum absolute atomic E-state index is 0.124. The smallest absolute Gasteiger partial charge is 0.383 e. The number of nitrogens with zero attached hydrogens (tertiary/aromatic N) is 2. The maximum atomic E-state index is 15.3. The van der Waals surface area contributed by atoms with Crippen LogP contribution >= 0.6 is 29.4 Å². The van der Waals surface area contributed by atoms with Gasteiger partial charge >= 0.3 is 19.4 Å². The topological polar surface area (TPSA) is 152 Å². The maximum Gasteiger partial charge on any atom is 0.475 e. The zero-order chi connectivity index (χ0) is 27.2. The van der Waals surface area contributed by atoms with E-state index in [4.69, 9.17) is 43.0 Å². The van der Waals surface area contributed by atoms with Gasteiger partial charge in [0.2, 0.25) is 6.23 Å². The molecule has 216 valence electrons. The predicted molar refractivity (Wildman–Crippen MR) is 133 cm³/mol. The summed E-state index contributed by atoms with van der Waals surface area (Å²) in [5.41, 5.74) is 4.42. The third kappa shape index (κ3) is 7.46. The van der Waals surface area contributed by atoms with Crippen molar-refractivity contribution < 1.29 is 50.6 Å². The zero-order valence-corrected chi connectivity index (χ0v) is 23.0. The number of alkyl halides is 2. The van der Waals surface area contributed by atoms with Crippen LogP contribution in [0.5, 0.6) is 0 Å².